The van der Waals surface area contributed by atoms with Crippen molar-refractivity contribution in [3.05, 3.63) is 62.5 Å². The van der Waals surface area contributed by atoms with Crippen molar-refractivity contribution >= 4 is 22.2 Å². The first-order chi connectivity index (χ1) is 9.06. The van der Waals surface area contributed by atoms with Crippen molar-refractivity contribution in [1.82, 2.24) is 5.32 Å². The van der Waals surface area contributed by atoms with Gasteiger partial charge >= 0.3 is 5.00 Å². The van der Waals surface area contributed by atoms with Crippen molar-refractivity contribution in [1.29, 1.82) is 0 Å². The first-order valence-electron chi connectivity index (χ1n) is 5.63. The number of nitrogens with zero attached hydrogens (tertiary/aromatic N) is 1. The molecule has 0 aliphatic rings. The largest absolute Gasteiger partial charge is 0.348 e. The Bertz CT molecular complexity index is 605. The number of carbonyl (C=O) groups excluding carboxylic acids is 1. The highest BCUT2D eigenvalue weighted by Crippen LogP contribution is 2.22. The molecule has 19 heavy (non-hydrogen) atoms. The average molecular weight is 276 g/mol. The second-order valence-electron chi connectivity index (χ2n) is 4.10. The van der Waals surface area contributed by atoms with E-state index in [-0.39, 0.29) is 10.9 Å². The van der Waals surface area contributed by atoms with Crippen molar-refractivity contribution < 1.29 is 9.72 Å². The highest BCUT2D eigenvalue weighted by atomic mass is 32.1. The van der Waals surface area contributed by atoms with Gasteiger partial charge in [-0.1, -0.05) is 41.2 Å². The summed E-state index contributed by atoms with van der Waals surface area (Å²) in [5, 5.41) is 14.7. The number of nitrogens with one attached hydrogen (secondary N) is 1. The van der Waals surface area contributed by atoms with Crippen LogP contribution in [0.3, 0.4) is 0 Å². The lowest BCUT2D eigenvalue weighted by atomic mass is 10.1. The zero-order valence-corrected chi connectivity index (χ0v) is 11.1. The maximum Gasteiger partial charge on any atom is 0.324 e. The summed E-state index contributed by atoms with van der Waals surface area (Å²) in [7, 11) is 0. The van der Waals surface area contributed by atoms with Crippen LogP contribution >= 0.6 is 11.3 Å². The van der Waals surface area contributed by atoms with Gasteiger partial charge in [-0.25, -0.2) is 0 Å². The lowest BCUT2D eigenvalue weighted by molar-refractivity contribution is -0.380. The number of benzene rings is 1. The molecule has 0 atom stereocenters. The van der Waals surface area contributed by atoms with E-state index in [1.54, 1.807) is 0 Å². The molecule has 6 heteroatoms. The molecule has 0 saturated carbocycles. The zero-order valence-electron chi connectivity index (χ0n) is 10.3. The van der Waals surface area contributed by atoms with E-state index in [1.165, 1.54) is 11.4 Å². The van der Waals surface area contributed by atoms with Crippen LogP contribution in [-0.2, 0) is 6.54 Å². The summed E-state index contributed by atoms with van der Waals surface area (Å²) in [6.45, 7) is 2.40. The smallest absolute Gasteiger partial charge is 0.324 e. The van der Waals surface area contributed by atoms with Gasteiger partial charge in [0.15, 0.2) is 0 Å². The Balaban J connectivity index is 1.97. The number of nitro groups is 1. The lowest BCUT2D eigenvalue weighted by Gasteiger charge is -2.04. The quantitative estimate of drug-likeness (QED) is 0.689. The third-order valence-electron chi connectivity index (χ3n) is 2.60. The highest BCUT2D eigenvalue weighted by molar-refractivity contribution is 7.13. The van der Waals surface area contributed by atoms with Crippen LogP contribution in [0.1, 0.15) is 21.5 Å². The number of thiophene rings is 1. The molecule has 2 aromatic rings. The number of aryl methyl sites for hydroxylation is 1. The van der Waals surface area contributed by atoms with Crippen LogP contribution in [0.25, 0.3) is 0 Å². The fourth-order valence-corrected chi connectivity index (χ4v) is 2.23. The molecule has 5 nitrogen and oxygen atoms in total. The molecular formula is C13H12N2O3S. The molecule has 0 saturated heterocycles. The molecule has 1 amide bonds. The first kappa shape index (κ1) is 13.2. The van der Waals surface area contributed by atoms with Gasteiger partial charge in [0.1, 0.15) is 0 Å². The molecule has 0 fully saturated rings. The summed E-state index contributed by atoms with van der Waals surface area (Å²) in [4.78, 5) is 21.8. The van der Waals surface area contributed by atoms with E-state index in [0.717, 1.165) is 22.5 Å². The van der Waals surface area contributed by atoms with Crippen LogP contribution in [0.5, 0.6) is 0 Å². The van der Waals surface area contributed by atoms with Gasteiger partial charge in [-0.2, -0.15) is 0 Å². The molecule has 2 rings (SSSR count). The van der Waals surface area contributed by atoms with Crippen LogP contribution < -0.4 is 5.32 Å². The maximum atomic E-state index is 11.8. The molecule has 1 aromatic heterocycles. The third-order valence-corrected chi connectivity index (χ3v) is 3.48. The Kier molecular flexibility index (Phi) is 3.91. The Morgan fingerprint density at radius 2 is 2.05 bits per heavy atom. The van der Waals surface area contributed by atoms with Crippen molar-refractivity contribution in [3.63, 3.8) is 0 Å². The standard InChI is InChI=1S/C13H12N2O3S/c1-9-2-4-10(5-3-9)7-14-13(16)11-6-12(15(17)18)19-8-11/h2-6,8H,7H2,1H3,(H,14,16). The number of rotatable bonds is 4. The molecule has 0 unspecified atom stereocenters. The molecule has 0 aliphatic carbocycles. The Morgan fingerprint density at radius 3 is 2.63 bits per heavy atom. The van der Waals surface area contributed by atoms with Gasteiger partial charge in [0.25, 0.3) is 5.91 Å². The number of hydrogen-bond acceptors (Lipinski definition) is 4. The lowest BCUT2D eigenvalue weighted by Crippen LogP contribution is -2.22. The van der Waals surface area contributed by atoms with E-state index in [4.69, 9.17) is 0 Å². The van der Waals surface area contributed by atoms with Gasteiger partial charge in [0, 0.05) is 18.0 Å². The number of carbonyl (C=O) groups is 1. The van der Waals surface area contributed by atoms with Crippen LogP contribution in [0.15, 0.2) is 35.7 Å². The van der Waals surface area contributed by atoms with E-state index < -0.39 is 4.92 Å². The van der Waals surface area contributed by atoms with Gasteiger partial charge in [0.2, 0.25) is 0 Å². The second-order valence-corrected chi connectivity index (χ2v) is 4.99. The van der Waals surface area contributed by atoms with Crippen LogP contribution in [0, 0.1) is 17.0 Å². The molecule has 98 valence electrons. The molecule has 0 bridgehead atoms. The SMILES string of the molecule is Cc1ccc(CNC(=O)c2csc([N+](=O)[O-])c2)cc1. The summed E-state index contributed by atoms with van der Waals surface area (Å²) in [5.41, 5.74) is 2.47. The molecule has 0 aliphatic heterocycles. The van der Waals surface area contributed by atoms with Gasteiger partial charge in [-0.3, -0.25) is 14.9 Å². The fraction of sp³-hybridized carbons (Fsp3) is 0.154. The number of hydrogen-bond donors (Lipinski definition) is 1. The molecule has 1 N–H and O–H groups in total. The normalized spacial score (nSPS) is 10.2. The monoisotopic (exact) mass is 276 g/mol. The number of amides is 1. The van der Waals surface area contributed by atoms with Gasteiger partial charge in [-0.05, 0) is 12.5 Å². The van der Waals surface area contributed by atoms with Crippen molar-refractivity contribution in [3.8, 4) is 0 Å². The van der Waals surface area contributed by atoms with E-state index in [2.05, 4.69) is 5.32 Å². The molecule has 1 aromatic carbocycles. The maximum absolute atomic E-state index is 11.8. The summed E-state index contributed by atoms with van der Waals surface area (Å²) >= 11 is 0.950. The predicted octanol–water partition coefficient (Wildman–Crippen LogP) is 2.89. The van der Waals surface area contributed by atoms with Crippen LogP contribution in [0.4, 0.5) is 5.00 Å². The molecule has 1 heterocycles. The van der Waals surface area contributed by atoms with Crippen molar-refractivity contribution in [2.24, 2.45) is 0 Å². The Hall–Kier alpha value is -2.21. The second kappa shape index (κ2) is 5.62. The summed E-state index contributed by atoms with van der Waals surface area (Å²) in [6, 6.07) is 9.10. The predicted molar refractivity (Wildman–Crippen MR) is 73.3 cm³/mol. The van der Waals surface area contributed by atoms with Crippen LogP contribution in [-0.4, -0.2) is 10.8 Å². The fourth-order valence-electron chi connectivity index (χ4n) is 1.53. The van der Waals surface area contributed by atoms with Gasteiger partial charge in [-0.15, -0.1) is 0 Å². The van der Waals surface area contributed by atoms with Crippen molar-refractivity contribution in [2.75, 3.05) is 0 Å². The average Bonchev–Trinajstić information content (AvgIpc) is 2.87. The van der Waals surface area contributed by atoms with Crippen LogP contribution in [0.2, 0.25) is 0 Å². The molecule has 0 spiro atoms. The zero-order chi connectivity index (χ0) is 13.8. The first-order valence-corrected chi connectivity index (χ1v) is 6.51. The van der Waals surface area contributed by atoms with E-state index in [0.29, 0.717) is 12.1 Å². The third kappa shape index (κ3) is 3.38. The summed E-state index contributed by atoms with van der Waals surface area (Å²) < 4.78 is 0. The Morgan fingerprint density at radius 1 is 1.37 bits per heavy atom. The van der Waals surface area contributed by atoms with Crippen molar-refractivity contribution in [2.45, 2.75) is 13.5 Å². The van der Waals surface area contributed by atoms with E-state index in [9.17, 15) is 14.9 Å². The van der Waals surface area contributed by atoms with E-state index in [1.807, 2.05) is 31.2 Å². The summed E-state index contributed by atoms with van der Waals surface area (Å²) in [6.07, 6.45) is 0. The Labute approximate surface area is 114 Å². The molecule has 0 radical (unpaired) electrons. The minimum absolute atomic E-state index is 0.0273. The topological polar surface area (TPSA) is 72.2 Å². The highest BCUT2D eigenvalue weighted by Gasteiger charge is 2.14. The van der Waals surface area contributed by atoms with E-state index >= 15 is 0 Å². The van der Waals surface area contributed by atoms with Gasteiger partial charge in [0.05, 0.1) is 10.5 Å². The minimum atomic E-state index is -0.499. The minimum Gasteiger partial charge on any atom is -0.348 e. The summed E-state index contributed by atoms with van der Waals surface area (Å²) in [5.74, 6) is -0.301. The van der Waals surface area contributed by atoms with Gasteiger partial charge < -0.3 is 5.32 Å². The molecular weight excluding hydrogens is 264 g/mol.